The second-order valence-corrected chi connectivity index (χ2v) is 10.3. The van der Waals surface area contributed by atoms with E-state index in [2.05, 4.69) is 0 Å². The first-order valence-corrected chi connectivity index (χ1v) is 13.2. The van der Waals surface area contributed by atoms with Gasteiger partial charge in [-0.15, -0.1) is 0 Å². The zero-order chi connectivity index (χ0) is 28.1. The maximum Gasteiger partial charge on any atom is 0.295 e. The molecule has 204 valence electrons. The molecule has 0 aromatic heterocycles. The van der Waals surface area contributed by atoms with E-state index in [1.165, 1.54) is 17.0 Å². The SMILES string of the molecule is CC(C)COc1cccc(/C(O)=C2/C(=O)C(=O)N(CCc3ccc(F)cc3)C2c2cccc(OC(C)C)c2)c1. The van der Waals surface area contributed by atoms with E-state index in [9.17, 15) is 19.1 Å². The third-order valence-corrected chi connectivity index (χ3v) is 6.33. The molecule has 1 atom stereocenters. The summed E-state index contributed by atoms with van der Waals surface area (Å²) in [6.07, 6.45) is 0.337. The normalized spacial score (nSPS) is 16.8. The van der Waals surface area contributed by atoms with Gasteiger partial charge in [-0.2, -0.15) is 0 Å². The lowest BCUT2D eigenvalue weighted by atomic mass is 9.95. The van der Waals surface area contributed by atoms with Crippen molar-refractivity contribution in [1.82, 2.24) is 4.90 Å². The Morgan fingerprint density at radius 1 is 0.949 bits per heavy atom. The molecule has 1 heterocycles. The Labute approximate surface area is 228 Å². The van der Waals surface area contributed by atoms with Crippen LogP contribution in [-0.4, -0.2) is 41.0 Å². The first kappa shape index (κ1) is 27.9. The topological polar surface area (TPSA) is 76.1 Å². The number of likely N-dealkylation sites (tertiary alicyclic amines) is 1. The molecular formula is C32H34FNO5. The fraction of sp³-hybridized carbons (Fsp3) is 0.312. The monoisotopic (exact) mass is 531 g/mol. The predicted molar refractivity (Wildman–Crippen MR) is 148 cm³/mol. The molecule has 0 bridgehead atoms. The molecule has 3 aromatic rings. The van der Waals surface area contributed by atoms with E-state index >= 15 is 0 Å². The van der Waals surface area contributed by atoms with E-state index in [-0.39, 0.29) is 29.8 Å². The van der Waals surface area contributed by atoms with Crippen LogP contribution in [0.3, 0.4) is 0 Å². The fourth-order valence-electron chi connectivity index (χ4n) is 4.54. The van der Waals surface area contributed by atoms with Gasteiger partial charge in [0, 0.05) is 12.1 Å². The summed E-state index contributed by atoms with van der Waals surface area (Å²) < 4.78 is 25.1. The standard InChI is InChI=1S/C32H34FNO5/c1-20(2)19-38-26-9-6-8-24(18-26)30(35)28-29(23-7-5-10-27(17-23)39-21(3)4)34(32(37)31(28)36)16-15-22-11-13-25(33)14-12-22/h5-14,17-18,20-21,29,35H,15-16,19H2,1-4H3/b30-28-. The number of nitrogens with zero attached hydrogens (tertiary/aromatic N) is 1. The summed E-state index contributed by atoms with van der Waals surface area (Å²) in [6, 6.07) is 19.3. The van der Waals surface area contributed by atoms with Crippen LogP contribution >= 0.6 is 0 Å². The molecule has 0 spiro atoms. The molecule has 6 nitrogen and oxygen atoms in total. The summed E-state index contributed by atoms with van der Waals surface area (Å²) in [5, 5.41) is 11.4. The third-order valence-electron chi connectivity index (χ3n) is 6.33. The van der Waals surface area contributed by atoms with E-state index in [4.69, 9.17) is 9.47 Å². The van der Waals surface area contributed by atoms with Crippen molar-refractivity contribution >= 4 is 17.4 Å². The Bertz CT molecular complexity index is 1360. The van der Waals surface area contributed by atoms with Gasteiger partial charge >= 0.3 is 0 Å². The second kappa shape index (κ2) is 12.2. The van der Waals surface area contributed by atoms with Crippen molar-refractivity contribution in [2.45, 2.75) is 46.3 Å². The van der Waals surface area contributed by atoms with Gasteiger partial charge < -0.3 is 19.5 Å². The zero-order valence-corrected chi connectivity index (χ0v) is 22.7. The summed E-state index contributed by atoms with van der Waals surface area (Å²) in [4.78, 5) is 28.2. The molecule has 0 radical (unpaired) electrons. The largest absolute Gasteiger partial charge is 0.507 e. The van der Waals surface area contributed by atoms with Crippen LogP contribution in [0.5, 0.6) is 11.5 Å². The Morgan fingerprint density at radius 3 is 2.33 bits per heavy atom. The van der Waals surface area contributed by atoms with E-state index in [0.29, 0.717) is 41.6 Å². The van der Waals surface area contributed by atoms with Gasteiger partial charge in [0.05, 0.1) is 24.3 Å². The number of hydrogen-bond acceptors (Lipinski definition) is 5. The highest BCUT2D eigenvalue weighted by Crippen LogP contribution is 2.40. The minimum absolute atomic E-state index is 0.00168. The second-order valence-electron chi connectivity index (χ2n) is 10.3. The molecule has 1 saturated heterocycles. The van der Waals surface area contributed by atoms with Crippen molar-refractivity contribution < 1.29 is 28.6 Å². The number of aliphatic hydroxyl groups excluding tert-OH is 1. The lowest BCUT2D eigenvalue weighted by Crippen LogP contribution is -2.31. The van der Waals surface area contributed by atoms with Crippen LogP contribution in [0.25, 0.3) is 5.76 Å². The Morgan fingerprint density at radius 2 is 1.64 bits per heavy atom. The van der Waals surface area contributed by atoms with Crippen LogP contribution in [0.1, 0.15) is 50.4 Å². The maximum atomic E-state index is 13.4. The van der Waals surface area contributed by atoms with Crippen LogP contribution < -0.4 is 9.47 Å². The van der Waals surface area contributed by atoms with Gasteiger partial charge in [0.2, 0.25) is 0 Å². The highest BCUT2D eigenvalue weighted by atomic mass is 19.1. The van der Waals surface area contributed by atoms with Crippen LogP contribution in [0.2, 0.25) is 0 Å². The van der Waals surface area contributed by atoms with Crippen molar-refractivity contribution in [3.05, 3.63) is 101 Å². The first-order valence-electron chi connectivity index (χ1n) is 13.2. The van der Waals surface area contributed by atoms with Crippen molar-refractivity contribution in [1.29, 1.82) is 0 Å². The number of halogens is 1. The number of aliphatic hydroxyl groups is 1. The number of hydrogen-bond donors (Lipinski definition) is 1. The molecule has 1 unspecified atom stereocenters. The van der Waals surface area contributed by atoms with Crippen molar-refractivity contribution in [3.63, 3.8) is 0 Å². The van der Waals surface area contributed by atoms with Gasteiger partial charge in [-0.3, -0.25) is 9.59 Å². The summed E-state index contributed by atoms with van der Waals surface area (Å²) >= 11 is 0. The minimum Gasteiger partial charge on any atom is -0.507 e. The number of ketones is 1. The van der Waals surface area contributed by atoms with Crippen molar-refractivity contribution in [2.75, 3.05) is 13.2 Å². The van der Waals surface area contributed by atoms with Gasteiger partial charge in [0.15, 0.2) is 0 Å². The highest BCUT2D eigenvalue weighted by molar-refractivity contribution is 6.46. The summed E-state index contributed by atoms with van der Waals surface area (Å²) in [5.41, 5.74) is 1.85. The Hall–Kier alpha value is -4.13. The molecule has 1 aliphatic heterocycles. The van der Waals surface area contributed by atoms with Crippen LogP contribution in [0.15, 0.2) is 78.4 Å². The molecule has 3 aromatic carbocycles. The summed E-state index contributed by atoms with van der Waals surface area (Å²) in [7, 11) is 0. The predicted octanol–water partition coefficient (Wildman–Crippen LogP) is 6.31. The number of amides is 1. The number of Topliss-reactive ketones (excluding diaryl/α,β-unsaturated/α-hetero) is 1. The van der Waals surface area contributed by atoms with Crippen LogP contribution in [-0.2, 0) is 16.0 Å². The smallest absolute Gasteiger partial charge is 0.295 e. The average molecular weight is 532 g/mol. The van der Waals surface area contributed by atoms with E-state index in [0.717, 1.165) is 5.56 Å². The molecule has 1 amide bonds. The summed E-state index contributed by atoms with van der Waals surface area (Å²) in [6.45, 7) is 8.60. The molecule has 39 heavy (non-hydrogen) atoms. The van der Waals surface area contributed by atoms with Gasteiger partial charge in [-0.1, -0.05) is 50.2 Å². The van der Waals surface area contributed by atoms with E-state index < -0.39 is 17.7 Å². The van der Waals surface area contributed by atoms with Gasteiger partial charge in [0.1, 0.15) is 23.1 Å². The minimum atomic E-state index is -0.832. The van der Waals surface area contributed by atoms with Gasteiger partial charge in [-0.05, 0) is 73.7 Å². The quantitative estimate of drug-likeness (QED) is 0.188. The van der Waals surface area contributed by atoms with Gasteiger partial charge in [-0.25, -0.2) is 4.39 Å². The molecular weight excluding hydrogens is 497 g/mol. The van der Waals surface area contributed by atoms with Gasteiger partial charge in [0.25, 0.3) is 11.7 Å². The molecule has 0 aliphatic carbocycles. The maximum absolute atomic E-state index is 13.4. The third kappa shape index (κ3) is 6.66. The Balaban J connectivity index is 1.76. The highest BCUT2D eigenvalue weighted by Gasteiger charge is 2.46. The molecule has 1 aliphatic rings. The van der Waals surface area contributed by atoms with E-state index in [1.807, 2.05) is 39.8 Å². The van der Waals surface area contributed by atoms with Crippen LogP contribution in [0.4, 0.5) is 4.39 Å². The van der Waals surface area contributed by atoms with Crippen LogP contribution in [0, 0.1) is 11.7 Å². The Kier molecular flexibility index (Phi) is 8.69. The lowest BCUT2D eigenvalue weighted by Gasteiger charge is -2.26. The van der Waals surface area contributed by atoms with Crippen molar-refractivity contribution in [3.8, 4) is 11.5 Å². The fourth-order valence-corrected chi connectivity index (χ4v) is 4.54. The number of ether oxygens (including phenoxy) is 2. The number of carbonyl (C=O) groups is 2. The summed E-state index contributed by atoms with van der Waals surface area (Å²) in [5.74, 6) is -0.619. The van der Waals surface area contributed by atoms with Crippen molar-refractivity contribution in [2.24, 2.45) is 5.92 Å². The first-order chi connectivity index (χ1) is 18.6. The number of rotatable bonds is 10. The zero-order valence-electron chi connectivity index (χ0n) is 22.7. The molecule has 7 heteroatoms. The number of benzene rings is 3. The molecule has 0 saturated carbocycles. The molecule has 1 N–H and O–H groups in total. The molecule has 4 rings (SSSR count). The average Bonchev–Trinajstić information content (AvgIpc) is 3.16. The lowest BCUT2D eigenvalue weighted by molar-refractivity contribution is -0.139. The van der Waals surface area contributed by atoms with E-state index in [1.54, 1.807) is 48.5 Å². The number of carbonyl (C=O) groups excluding carboxylic acids is 2. The molecule has 1 fully saturated rings.